The first-order chi connectivity index (χ1) is 15.2. The van der Waals surface area contributed by atoms with Crippen LogP contribution in [-0.4, -0.2) is 34.8 Å². The van der Waals surface area contributed by atoms with Gasteiger partial charge in [0, 0.05) is 30.5 Å². The fourth-order valence-electron chi connectivity index (χ4n) is 4.11. The van der Waals surface area contributed by atoms with Gasteiger partial charge in [-0.15, -0.1) is 0 Å². The molecular formula is C25H25N3O2S. The molecule has 1 aliphatic heterocycles. The van der Waals surface area contributed by atoms with Crippen LogP contribution in [0.3, 0.4) is 0 Å². The lowest BCUT2D eigenvalue weighted by Crippen LogP contribution is -2.42. The minimum atomic E-state index is -0.0764. The van der Waals surface area contributed by atoms with E-state index in [2.05, 4.69) is 17.4 Å². The van der Waals surface area contributed by atoms with Crippen molar-refractivity contribution in [2.24, 2.45) is 11.8 Å². The predicted molar refractivity (Wildman–Crippen MR) is 124 cm³/mol. The van der Waals surface area contributed by atoms with Crippen molar-refractivity contribution in [1.82, 2.24) is 9.88 Å². The molecule has 1 N–H and O–H groups in total. The molecule has 0 atom stereocenters. The molecule has 5 nitrogen and oxygen atoms in total. The third-order valence-electron chi connectivity index (χ3n) is 6.04. The lowest BCUT2D eigenvalue weighted by atomic mass is 9.95. The Kier molecular flexibility index (Phi) is 5.55. The summed E-state index contributed by atoms with van der Waals surface area (Å²) >= 11 is 1.51. The summed E-state index contributed by atoms with van der Waals surface area (Å²) in [6.07, 6.45) is 3.48. The van der Waals surface area contributed by atoms with Gasteiger partial charge in [-0.1, -0.05) is 72.0 Å². The Morgan fingerprint density at radius 1 is 0.839 bits per heavy atom. The van der Waals surface area contributed by atoms with Crippen LogP contribution < -0.4 is 5.32 Å². The highest BCUT2D eigenvalue weighted by atomic mass is 32.1. The number of rotatable bonds is 5. The summed E-state index contributed by atoms with van der Waals surface area (Å²) in [6, 6.07) is 20.2. The zero-order valence-corrected chi connectivity index (χ0v) is 18.1. The normalized spacial score (nSPS) is 16.8. The van der Waals surface area contributed by atoms with E-state index < -0.39 is 0 Å². The van der Waals surface area contributed by atoms with Crippen molar-refractivity contribution in [2.75, 3.05) is 18.4 Å². The maximum atomic E-state index is 12.9. The number of benzene rings is 2. The van der Waals surface area contributed by atoms with Crippen LogP contribution in [0.1, 0.15) is 25.7 Å². The molecule has 0 radical (unpaired) electrons. The van der Waals surface area contributed by atoms with Gasteiger partial charge in [-0.2, -0.15) is 0 Å². The van der Waals surface area contributed by atoms with Crippen molar-refractivity contribution in [3.8, 4) is 21.7 Å². The van der Waals surface area contributed by atoms with Crippen LogP contribution >= 0.6 is 11.3 Å². The van der Waals surface area contributed by atoms with Gasteiger partial charge in [0.2, 0.25) is 11.8 Å². The molecular weight excluding hydrogens is 406 g/mol. The SMILES string of the molecule is O=C(Nc1nc(-c2ccccc2)c(-c2ccccc2)s1)C1CCN(C(=O)C2CC2)CC1. The summed E-state index contributed by atoms with van der Waals surface area (Å²) in [6.45, 7) is 1.35. The fourth-order valence-corrected chi connectivity index (χ4v) is 5.10. The van der Waals surface area contributed by atoms with Gasteiger partial charge in [0.15, 0.2) is 5.13 Å². The number of nitrogens with zero attached hydrogens (tertiary/aromatic N) is 2. The topological polar surface area (TPSA) is 62.3 Å². The number of hydrogen-bond acceptors (Lipinski definition) is 4. The van der Waals surface area contributed by atoms with Crippen LogP contribution in [-0.2, 0) is 9.59 Å². The molecule has 0 bridgehead atoms. The number of nitrogens with one attached hydrogen (secondary N) is 1. The largest absolute Gasteiger partial charge is 0.342 e. The molecule has 2 aliphatic rings. The van der Waals surface area contributed by atoms with Gasteiger partial charge in [-0.25, -0.2) is 4.98 Å². The lowest BCUT2D eigenvalue weighted by Gasteiger charge is -2.31. The summed E-state index contributed by atoms with van der Waals surface area (Å²) in [5.74, 6) is 0.450. The van der Waals surface area contributed by atoms with E-state index in [1.807, 2.05) is 53.4 Å². The number of piperidine rings is 1. The van der Waals surface area contributed by atoms with Crippen LogP contribution in [0.2, 0.25) is 0 Å². The van der Waals surface area contributed by atoms with Crippen molar-refractivity contribution in [2.45, 2.75) is 25.7 Å². The van der Waals surface area contributed by atoms with Crippen LogP contribution in [0.5, 0.6) is 0 Å². The molecule has 2 amide bonds. The van der Waals surface area contributed by atoms with Gasteiger partial charge in [-0.3, -0.25) is 9.59 Å². The number of thiazole rings is 1. The fraction of sp³-hybridized carbons (Fsp3) is 0.320. The number of hydrogen-bond donors (Lipinski definition) is 1. The highest BCUT2D eigenvalue weighted by molar-refractivity contribution is 7.19. The average molecular weight is 432 g/mol. The maximum absolute atomic E-state index is 12.9. The molecule has 2 heterocycles. The van der Waals surface area contributed by atoms with Gasteiger partial charge >= 0.3 is 0 Å². The van der Waals surface area contributed by atoms with E-state index in [0.29, 0.717) is 31.1 Å². The molecule has 6 heteroatoms. The first-order valence-electron chi connectivity index (χ1n) is 10.9. The smallest absolute Gasteiger partial charge is 0.229 e. The third-order valence-corrected chi connectivity index (χ3v) is 7.06. The molecule has 5 rings (SSSR count). The molecule has 158 valence electrons. The van der Waals surface area contributed by atoms with Gasteiger partial charge in [0.25, 0.3) is 0 Å². The third kappa shape index (κ3) is 4.39. The van der Waals surface area contributed by atoms with Crippen molar-refractivity contribution < 1.29 is 9.59 Å². The van der Waals surface area contributed by atoms with Gasteiger partial charge in [-0.05, 0) is 31.2 Å². The average Bonchev–Trinajstić information content (AvgIpc) is 3.60. The number of carbonyl (C=O) groups excluding carboxylic acids is 2. The number of aromatic nitrogens is 1. The molecule has 1 saturated heterocycles. The van der Waals surface area contributed by atoms with E-state index in [9.17, 15) is 9.59 Å². The maximum Gasteiger partial charge on any atom is 0.229 e. The minimum absolute atomic E-state index is 0.00601. The second-order valence-electron chi connectivity index (χ2n) is 8.29. The van der Waals surface area contributed by atoms with Crippen LogP contribution in [0.25, 0.3) is 21.7 Å². The minimum Gasteiger partial charge on any atom is -0.342 e. The Bertz CT molecular complexity index is 1010. The molecule has 0 spiro atoms. The van der Waals surface area contributed by atoms with Gasteiger partial charge in [0.1, 0.15) is 0 Å². The van der Waals surface area contributed by atoms with Gasteiger partial charge in [0.05, 0.1) is 10.6 Å². The summed E-state index contributed by atoms with van der Waals surface area (Å²) in [5.41, 5.74) is 3.01. The monoisotopic (exact) mass is 431 g/mol. The molecule has 31 heavy (non-hydrogen) atoms. The summed E-state index contributed by atoms with van der Waals surface area (Å²) < 4.78 is 0. The van der Waals surface area contributed by atoms with Crippen molar-refractivity contribution in [3.05, 3.63) is 60.7 Å². The Morgan fingerprint density at radius 2 is 1.45 bits per heavy atom. The standard InChI is InChI=1S/C25H25N3O2S/c29-23(19-13-15-28(16-14-19)24(30)20-11-12-20)27-25-26-21(17-7-3-1-4-8-17)22(31-25)18-9-5-2-6-10-18/h1-10,19-20H,11-16H2,(H,26,27,29). The van der Waals surface area contributed by atoms with E-state index in [1.54, 1.807) is 0 Å². The lowest BCUT2D eigenvalue weighted by molar-refractivity contribution is -0.135. The molecule has 1 aromatic heterocycles. The van der Waals surface area contributed by atoms with E-state index in [0.717, 1.165) is 34.5 Å². The quantitative estimate of drug-likeness (QED) is 0.614. The van der Waals surface area contributed by atoms with Gasteiger partial charge < -0.3 is 10.2 Å². The van der Waals surface area contributed by atoms with E-state index >= 15 is 0 Å². The van der Waals surface area contributed by atoms with Crippen LogP contribution in [0.15, 0.2) is 60.7 Å². The number of carbonyl (C=O) groups is 2. The molecule has 2 aromatic carbocycles. The zero-order valence-electron chi connectivity index (χ0n) is 17.3. The number of anilines is 1. The van der Waals surface area contributed by atoms with Crippen molar-refractivity contribution in [3.63, 3.8) is 0 Å². The van der Waals surface area contributed by atoms with Crippen LogP contribution in [0.4, 0.5) is 5.13 Å². The van der Waals surface area contributed by atoms with Crippen molar-refractivity contribution >= 4 is 28.3 Å². The van der Waals surface area contributed by atoms with E-state index in [1.165, 1.54) is 11.3 Å². The number of amides is 2. The molecule has 0 unspecified atom stereocenters. The Morgan fingerprint density at radius 3 is 2.06 bits per heavy atom. The number of likely N-dealkylation sites (tertiary alicyclic amines) is 1. The highest BCUT2D eigenvalue weighted by Gasteiger charge is 2.36. The second-order valence-corrected chi connectivity index (χ2v) is 9.29. The summed E-state index contributed by atoms with van der Waals surface area (Å²) in [4.78, 5) is 33.0. The zero-order chi connectivity index (χ0) is 21.2. The Labute approximate surface area is 186 Å². The molecule has 1 saturated carbocycles. The highest BCUT2D eigenvalue weighted by Crippen LogP contribution is 2.39. The second kappa shape index (κ2) is 8.63. The summed E-state index contributed by atoms with van der Waals surface area (Å²) in [7, 11) is 0. The van der Waals surface area contributed by atoms with Crippen LogP contribution in [0, 0.1) is 11.8 Å². The molecule has 1 aliphatic carbocycles. The summed E-state index contributed by atoms with van der Waals surface area (Å²) in [5, 5.41) is 3.68. The van der Waals surface area contributed by atoms with E-state index in [4.69, 9.17) is 4.98 Å². The molecule has 3 aromatic rings. The molecule has 2 fully saturated rings. The Balaban J connectivity index is 1.32. The van der Waals surface area contributed by atoms with E-state index in [-0.39, 0.29) is 23.7 Å². The first-order valence-corrected chi connectivity index (χ1v) is 11.7. The first kappa shape index (κ1) is 19.9. The van der Waals surface area contributed by atoms with Crippen molar-refractivity contribution in [1.29, 1.82) is 0 Å². The Hall–Kier alpha value is -2.99. The predicted octanol–water partition coefficient (Wildman–Crippen LogP) is 5.06.